The molecule has 0 fully saturated rings. The lowest BCUT2D eigenvalue weighted by Gasteiger charge is -2.27. The van der Waals surface area contributed by atoms with E-state index in [4.69, 9.17) is 11.6 Å². The molecule has 3 rings (SSSR count). The first kappa shape index (κ1) is 17.0. The zero-order chi connectivity index (χ0) is 17.1. The predicted molar refractivity (Wildman–Crippen MR) is 97.7 cm³/mol. The Balaban J connectivity index is 1.80. The van der Waals surface area contributed by atoms with E-state index in [2.05, 4.69) is 6.92 Å². The summed E-state index contributed by atoms with van der Waals surface area (Å²) in [4.78, 5) is 26.9. The van der Waals surface area contributed by atoms with E-state index in [1.807, 2.05) is 12.1 Å². The van der Waals surface area contributed by atoms with Crippen molar-refractivity contribution in [2.24, 2.45) is 0 Å². The van der Waals surface area contributed by atoms with Crippen LogP contribution in [-0.4, -0.2) is 23.3 Å². The smallest absolute Gasteiger partial charge is 0.261 e. The number of hydrogen-bond acceptors (Lipinski definition) is 2. The number of nitrogens with zero attached hydrogens (tertiary/aromatic N) is 1. The van der Waals surface area contributed by atoms with Crippen LogP contribution in [0.25, 0.3) is 10.8 Å². The van der Waals surface area contributed by atoms with E-state index in [1.165, 1.54) is 24.2 Å². The fourth-order valence-corrected chi connectivity index (χ4v) is 3.58. The van der Waals surface area contributed by atoms with Crippen molar-refractivity contribution in [2.45, 2.75) is 45.4 Å². The van der Waals surface area contributed by atoms with Gasteiger partial charge in [0.2, 0.25) is 0 Å². The Morgan fingerprint density at radius 3 is 2.29 bits per heavy atom. The first-order chi connectivity index (χ1) is 11.6. The number of hydrogen-bond donors (Lipinski definition) is 0. The van der Waals surface area contributed by atoms with Gasteiger partial charge in [0.05, 0.1) is 0 Å². The molecule has 126 valence electrons. The number of carbonyl (C=O) groups is 2. The van der Waals surface area contributed by atoms with Crippen LogP contribution in [0.15, 0.2) is 30.3 Å². The molecule has 0 bridgehead atoms. The standard InChI is InChI=1S/C20H22ClNO2/c1-2-3-4-5-6-7-13-22-19(23)15-10-8-9-14-17(21)12-11-16(18(14)15)20(22)24/h8-12H,2-7,13H2,1H3. The Morgan fingerprint density at radius 1 is 0.875 bits per heavy atom. The highest BCUT2D eigenvalue weighted by Gasteiger charge is 2.32. The van der Waals surface area contributed by atoms with Crippen molar-refractivity contribution in [2.75, 3.05) is 6.54 Å². The van der Waals surface area contributed by atoms with Crippen molar-refractivity contribution < 1.29 is 9.59 Å². The van der Waals surface area contributed by atoms with Crippen molar-refractivity contribution in [1.82, 2.24) is 4.90 Å². The maximum atomic E-state index is 12.8. The minimum absolute atomic E-state index is 0.200. The summed E-state index contributed by atoms with van der Waals surface area (Å²) in [5.74, 6) is -0.400. The third-order valence-electron chi connectivity index (χ3n) is 4.67. The number of imide groups is 1. The molecule has 0 spiro atoms. The van der Waals surface area contributed by atoms with Gasteiger partial charge in [0.1, 0.15) is 0 Å². The number of rotatable bonds is 7. The number of halogens is 1. The van der Waals surface area contributed by atoms with Crippen LogP contribution in [0.3, 0.4) is 0 Å². The minimum Gasteiger partial charge on any atom is -0.274 e. The third-order valence-corrected chi connectivity index (χ3v) is 5.00. The van der Waals surface area contributed by atoms with Gasteiger partial charge in [-0.2, -0.15) is 0 Å². The molecule has 0 aliphatic carbocycles. The quantitative estimate of drug-likeness (QED) is 0.495. The van der Waals surface area contributed by atoms with E-state index in [0.29, 0.717) is 28.1 Å². The second-order valence-corrected chi connectivity index (χ2v) is 6.76. The molecule has 0 atom stereocenters. The molecule has 2 aromatic rings. The Morgan fingerprint density at radius 2 is 1.54 bits per heavy atom. The van der Waals surface area contributed by atoms with Crippen molar-refractivity contribution in [3.8, 4) is 0 Å². The van der Waals surface area contributed by atoms with Gasteiger partial charge in [-0.05, 0) is 24.6 Å². The van der Waals surface area contributed by atoms with Crippen LogP contribution in [0.4, 0.5) is 0 Å². The summed E-state index contributed by atoms with van der Waals surface area (Å²) in [7, 11) is 0. The number of amides is 2. The van der Waals surface area contributed by atoms with Gasteiger partial charge < -0.3 is 0 Å². The maximum Gasteiger partial charge on any atom is 0.261 e. The molecule has 1 aliphatic heterocycles. The van der Waals surface area contributed by atoms with Crippen molar-refractivity contribution >= 4 is 34.2 Å². The summed E-state index contributed by atoms with van der Waals surface area (Å²) >= 11 is 6.22. The molecule has 24 heavy (non-hydrogen) atoms. The maximum absolute atomic E-state index is 12.8. The largest absolute Gasteiger partial charge is 0.274 e. The van der Waals surface area contributed by atoms with Crippen LogP contribution in [0.1, 0.15) is 66.2 Å². The van der Waals surface area contributed by atoms with Gasteiger partial charge in [0.25, 0.3) is 11.8 Å². The molecule has 0 saturated carbocycles. The minimum atomic E-state index is -0.200. The summed E-state index contributed by atoms with van der Waals surface area (Å²) in [6.07, 6.45) is 6.75. The molecule has 0 radical (unpaired) electrons. The van der Waals surface area contributed by atoms with Gasteiger partial charge in [0.15, 0.2) is 0 Å². The van der Waals surface area contributed by atoms with Gasteiger partial charge >= 0.3 is 0 Å². The molecular formula is C20H22ClNO2. The zero-order valence-corrected chi connectivity index (χ0v) is 14.7. The highest BCUT2D eigenvalue weighted by Crippen LogP contribution is 2.34. The Bertz CT molecular complexity index is 762. The van der Waals surface area contributed by atoms with Crippen LogP contribution in [0, 0.1) is 0 Å². The summed E-state index contributed by atoms with van der Waals surface area (Å²) in [6, 6.07) is 8.93. The Hall–Kier alpha value is -1.87. The lowest BCUT2D eigenvalue weighted by molar-refractivity contribution is 0.0608. The molecule has 2 aromatic carbocycles. The van der Waals surface area contributed by atoms with Crippen LogP contribution >= 0.6 is 11.6 Å². The average molecular weight is 344 g/mol. The second kappa shape index (κ2) is 7.35. The van der Waals surface area contributed by atoms with E-state index < -0.39 is 0 Å². The number of unbranched alkanes of at least 4 members (excludes halogenated alkanes) is 5. The molecule has 1 aliphatic rings. The molecule has 2 amide bonds. The van der Waals surface area contributed by atoms with Crippen LogP contribution in [-0.2, 0) is 0 Å². The van der Waals surface area contributed by atoms with Gasteiger partial charge in [-0.3, -0.25) is 14.5 Å². The lowest BCUT2D eigenvalue weighted by Crippen LogP contribution is -2.40. The SMILES string of the molecule is CCCCCCCCN1C(=O)c2cccc3c(Cl)ccc(c23)C1=O. The Kier molecular flexibility index (Phi) is 5.20. The zero-order valence-electron chi connectivity index (χ0n) is 14.0. The summed E-state index contributed by atoms with van der Waals surface area (Å²) in [5.41, 5.74) is 1.16. The molecular weight excluding hydrogens is 322 g/mol. The topological polar surface area (TPSA) is 37.4 Å². The molecule has 0 unspecified atom stereocenters. The molecule has 0 saturated heterocycles. The third kappa shape index (κ3) is 3.05. The lowest BCUT2D eigenvalue weighted by atomic mass is 9.94. The van der Waals surface area contributed by atoms with E-state index in [0.717, 1.165) is 24.6 Å². The van der Waals surface area contributed by atoms with Crippen LogP contribution < -0.4 is 0 Å². The van der Waals surface area contributed by atoms with E-state index in [1.54, 1.807) is 18.2 Å². The molecule has 0 N–H and O–H groups in total. The monoisotopic (exact) mass is 343 g/mol. The fraction of sp³-hybridized carbons (Fsp3) is 0.400. The average Bonchev–Trinajstić information content (AvgIpc) is 2.59. The molecule has 1 heterocycles. The molecule has 3 nitrogen and oxygen atoms in total. The van der Waals surface area contributed by atoms with E-state index in [9.17, 15) is 9.59 Å². The van der Waals surface area contributed by atoms with Gasteiger partial charge in [0, 0.05) is 33.5 Å². The van der Waals surface area contributed by atoms with Crippen LogP contribution in [0.5, 0.6) is 0 Å². The Labute approximate surface area is 147 Å². The summed E-state index contributed by atoms with van der Waals surface area (Å²) in [6.45, 7) is 2.68. The first-order valence-electron chi connectivity index (χ1n) is 8.72. The van der Waals surface area contributed by atoms with Gasteiger partial charge in [-0.15, -0.1) is 0 Å². The fourth-order valence-electron chi connectivity index (χ4n) is 3.36. The summed E-state index contributed by atoms with van der Waals surface area (Å²) in [5, 5.41) is 2.03. The van der Waals surface area contributed by atoms with E-state index >= 15 is 0 Å². The first-order valence-corrected chi connectivity index (χ1v) is 9.10. The van der Waals surface area contributed by atoms with Crippen molar-refractivity contribution in [1.29, 1.82) is 0 Å². The number of benzene rings is 2. The second-order valence-electron chi connectivity index (χ2n) is 6.35. The van der Waals surface area contributed by atoms with Crippen molar-refractivity contribution in [3.63, 3.8) is 0 Å². The highest BCUT2D eigenvalue weighted by atomic mass is 35.5. The number of carbonyl (C=O) groups excluding carboxylic acids is 2. The molecule has 4 heteroatoms. The van der Waals surface area contributed by atoms with Crippen LogP contribution in [0.2, 0.25) is 5.02 Å². The predicted octanol–water partition coefficient (Wildman–Crippen LogP) is 5.45. The van der Waals surface area contributed by atoms with E-state index in [-0.39, 0.29) is 11.8 Å². The highest BCUT2D eigenvalue weighted by molar-refractivity contribution is 6.38. The normalized spacial score (nSPS) is 13.8. The van der Waals surface area contributed by atoms with Gasteiger partial charge in [-0.1, -0.05) is 62.8 Å². The van der Waals surface area contributed by atoms with Crippen molar-refractivity contribution in [3.05, 3.63) is 46.5 Å². The molecule has 0 aromatic heterocycles. The summed E-state index contributed by atoms with van der Waals surface area (Å²) < 4.78 is 0. The van der Waals surface area contributed by atoms with Gasteiger partial charge in [-0.25, -0.2) is 0 Å².